The van der Waals surface area contributed by atoms with Gasteiger partial charge in [-0.1, -0.05) is 13.8 Å². The van der Waals surface area contributed by atoms with Crippen molar-refractivity contribution in [2.24, 2.45) is 18.4 Å². The second-order valence-electron chi connectivity index (χ2n) is 6.70. The van der Waals surface area contributed by atoms with Gasteiger partial charge in [0, 0.05) is 18.9 Å². The molecule has 21 heavy (non-hydrogen) atoms. The first-order valence-electron chi connectivity index (χ1n) is 7.96. The summed E-state index contributed by atoms with van der Waals surface area (Å²) in [5, 5.41) is 10.8. The average Bonchev–Trinajstić information content (AvgIpc) is 3.06. The lowest BCUT2D eigenvalue weighted by atomic mass is 9.98. The summed E-state index contributed by atoms with van der Waals surface area (Å²) in [7, 11) is 1.85. The predicted octanol–water partition coefficient (Wildman–Crippen LogP) is 1.66. The fourth-order valence-electron chi connectivity index (χ4n) is 3.17. The summed E-state index contributed by atoms with van der Waals surface area (Å²) in [4.78, 5) is 16.8. The van der Waals surface area contributed by atoms with E-state index in [2.05, 4.69) is 34.6 Å². The number of rotatable bonds is 4. The second-order valence-corrected chi connectivity index (χ2v) is 6.70. The first-order valence-corrected chi connectivity index (χ1v) is 7.96. The summed E-state index contributed by atoms with van der Waals surface area (Å²) in [6, 6.07) is 0. The lowest BCUT2D eigenvalue weighted by molar-refractivity contribution is -0.118. The molecule has 1 aliphatic heterocycles. The molecule has 2 atom stereocenters. The molecular weight excluding hydrogens is 266 g/mol. The monoisotopic (exact) mass is 291 g/mol. The van der Waals surface area contributed by atoms with Crippen LogP contribution < -0.4 is 10.6 Å². The first-order chi connectivity index (χ1) is 10.0. The molecule has 2 aliphatic rings. The number of amides is 1. The molecule has 0 radical (unpaired) electrons. The molecule has 0 bridgehead atoms. The van der Waals surface area contributed by atoms with Crippen molar-refractivity contribution in [3.05, 3.63) is 5.82 Å². The number of piperidine rings is 1. The van der Waals surface area contributed by atoms with E-state index in [4.69, 9.17) is 0 Å². The highest BCUT2D eigenvalue weighted by atomic mass is 16.2. The maximum Gasteiger partial charge on any atom is 0.230 e. The molecule has 1 aliphatic carbocycles. The molecule has 2 heterocycles. The van der Waals surface area contributed by atoms with Crippen molar-refractivity contribution in [3.8, 4) is 0 Å². The molecule has 2 N–H and O–H groups in total. The maximum absolute atomic E-state index is 12.3. The van der Waals surface area contributed by atoms with Crippen LogP contribution in [-0.4, -0.2) is 33.8 Å². The van der Waals surface area contributed by atoms with Crippen molar-refractivity contribution in [1.29, 1.82) is 0 Å². The lowest BCUT2D eigenvalue weighted by Gasteiger charge is -2.19. The normalized spacial score (nSPS) is 29.4. The van der Waals surface area contributed by atoms with Crippen LogP contribution >= 0.6 is 0 Å². The highest BCUT2D eigenvalue weighted by molar-refractivity contribution is 5.93. The van der Waals surface area contributed by atoms with Gasteiger partial charge in [0.2, 0.25) is 11.9 Å². The van der Waals surface area contributed by atoms with Gasteiger partial charge in [-0.15, -0.1) is 0 Å². The van der Waals surface area contributed by atoms with Crippen molar-refractivity contribution in [2.75, 3.05) is 18.4 Å². The van der Waals surface area contributed by atoms with Gasteiger partial charge in [-0.05, 0) is 44.2 Å². The van der Waals surface area contributed by atoms with Crippen LogP contribution in [-0.2, 0) is 11.8 Å². The van der Waals surface area contributed by atoms with Crippen molar-refractivity contribution >= 4 is 11.9 Å². The number of hydrogen-bond donors (Lipinski definition) is 2. The highest BCUT2D eigenvalue weighted by Gasteiger charge is 2.53. The van der Waals surface area contributed by atoms with E-state index < -0.39 is 0 Å². The standard InChI is InChI=1S/C15H25N5O/c1-4-15(2)9-11(15)13(21)18-14-17-12(19-20(14)3)10-5-7-16-8-6-10/h10-11,16H,4-9H2,1-3H3,(H,17,18,19,21). The Morgan fingerprint density at radius 1 is 1.48 bits per heavy atom. The van der Waals surface area contributed by atoms with Crippen LogP contribution in [0.1, 0.15) is 51.3 Å². The number of aryl methyl sites for hydroxylation is 1. The Hall–Kier alpha value is -1.43. The smallest absolute Gasteiger partial charge is 0.230 e. The van der Waals surface area contributed by atoms with Crippen molar-refractivity contribution in [3.63, 3.8) is 0 Å². The number of hydrogen-bond acceptors (Lipinski definition) is 4. The van der Waals surface area contributed by atoms with Crippen LogP contribution in [0, 0.1) is 11.3 Å². The van der Waals surface area contributed by atoms with Crippen LogP contribution in [0.15, 0.2) is 0 Å². The molecule has 6 nitrogen and oxygen atoms in total. The number of aromatic nitrogens is 3. The topological polar surface area (TPSA) is 71.8 Å². The zero-order chi connectivity index (χ0) is 15.0. The van der Waals surface area contributed by atoms with E-state index in [1.54, 1.807) is 4.68 Å². The van der Waals surface area contributed by atoms with Gasteiger partial charge in [-0.25, -0.2) is 4.68 Å². The molecule has 3 rings (SSSR count). The van der Waals surface area contributed by atoms with Crippen molar-refractivity contribution in [1.82, 2.24) is 20.1 Å². The van der Waals surface area contributed by atoms with E-state index in [1.807, 2.05) is 7.05 Å². The molecule has 0 spiro atoms. The molecule has 1 aromatic rings. The van der Waals surface area contributed by atoms with E-state index in [9.17, 15) is 4.79 Å². The lowest BCUT2D eigenvalue weighted by Crippen LogP contribution is -2.27. The molecule has 116 valence electrons. The minimum absolute atomic E-state index is 0.0895. The van der Waals surface area contributed by atoms with Crippen LogP contribution in [0.4, 0.5) is 5.95 Å². The Kier molecular flexibility index (Phi) is 3.73. The molecule has 2 unspecified atom stereocenters. The van der Waals surface area contributed by atoms with Gasteiger partial charge in [-0.2, -0.15) is 10.1 Å². The van der Waals surface area contributed by atoms with E-state index in [-0.39, 0.29) is 17.2 Å². The van der Waals surface area contributed by atoms with Gasteiger partial charge < -0.3 is 5.32 Å². The largest absolute Gasteiger partial charge is 0.317 e. The minimum atomic E-state index is 0.0895. The number of anilines is 1. The molecule has 1 aromatic heterocycles. The highest BCUT2D eigenvalue weighted by Crippen LogP contribution is 2.55. The number of nitrogens with one attached hydrogen (secondary N) is 2. The molecule has 0 aromatic carbocycles. The zero-order valence-corrected chi connectivity index (χ0v) is 13.1. The maximum atomic E-state index is 12.3. The number of carbonyl (C=O) groups excluding carboxylic acids is 1. The molecule has 6 heteroatoms. The van der Waals surface area contributed by atoms with E-state index >= 15 is 0 Å². The Balaban J connectivity index is 1.66. The van der Waals surface area contributed by atoms with E-state index in [1.165, 1.54) is 0 Å². The Morgan fingerprint density at radius 2 is 2.19 bits per heavy atom. The third-order valence-corrected chi connectivity index (χ3v) is 5.19. The van der Waals surface area contributed by atoms with Crippen LogP contribution in [0.3, 0.4) is 0 Å². The molecule has 1 saturated heterocycles. The van der Waals surface area contributed by atoms with Gasteiger partial charge in [0.05, 0.1) is 0 Å². The Bertz CT molecular complexity index is 534. The molecular formula is C15H25N5O. The van der Waals surface area contributed by atoms with E-state index in [0.717, 1.165) is 44.6 Å². The summed E-state index contributed by atoms with van der Waals surface area (Å²) in [5.41, 5.74) is 0.181. The molecule has 1 saturated carbocycles. The van der Waals surface area contributed by atoms with Gasteiger partial charge in [0.1, 0.15) is 0 Å². The van der Waals surface area contributed by atoms with E-state index in [0.29, 0.717) is 11.9 Å². The van der Waals surface area contributed by atoms with Crippen LogP contribution in [0.5, 0.6) is 0 Å². The van der Waals surface area contributed by atoms with Crippen molar-refractivity contribution in [2.45, 2.75) is 45.4 Å². The Labute approximate surface area is 125 Å². The second kappa shape index (κ2) is 5.40. The fourth-order valence-corrected chi connectivity index (χ4v) is 3.17. The number of carbonyl (C=O) groups is 1. The molecule has 2 fully saturated rings. The fraction of sp³-hybridized carbons (Fsp3) is 0.800. The summed E-state index contributed by atoms with van der Waals surface area (Å²) in [6.07, 6.45) is 4.15. The zero-order valence-electron chi connectivity index (χ0n) is 13.1. The van der Waals surface area contributed by atoms with Gasteiger partial charge >= 0.3 is 0 Å². The number of nitrogens with zero attached hydrogens (tertiary/aromatic N) is 3. The Morgan fingerprint density at radius 3 is 2.81 bits per heavy atom. The quantitative estimate of drug-likeness (QED) is 0.885. The predicted molar refractivity (Wildman–Crippen MR) is 81.0 cm³/mol. The van der Waals surface area contributed by atoms with Crippen LogP contribution in [0.25, 0.3) is 0 Å². The minimum Gasteiger partial charge on any atom is -0.317 e. The third kappa shape index (κ3) is 2.81. The third-order valence-electron chi connectivity index (χ3n) is 5.19. The SMILES string of the molecule is CCC1(C)CC1C(=O)Nc1nc(C2CCNCC2)nn1C. The van der Waals surface area contributed by atoms with Crippen molar-refractivity contribution < 1.29 is 4.79 Å². The summed E-state index contributed by atoms with van der Waals surface area (Å²) in [5.74, 6) is 2.07. The molecule has 1 amide bonds. The summed E-state index contributed by atoms with van der Waals surface area (Å²) in [6.45, 7) is 6.35. The first kappa shape index (κ1) is 14.5. The summed E-state index contributed by atoms with van der Waals surface area (Å²) >= 11 is 0. The van der Waals surface area contributed by atoms with Crippen LogP contribution in [0.2, 0.25) is 0 Å². The average molecular weight is 291 g/mol. The summed E-state index contributed by atoms with van der Waals surface area (Å²) < 4.78 is 1.70. The van der Waals surface area contributed by atoms with Gasteiger partial charge in [0.25, 0.3) is 0 Å². The van der Waals surface area contributed by atoms with Gasteiger partial charge in [0.15, 0.2) is 5.82 Å². The van der Waals surface area contributed by atoms with Gasteiger partial charge in [-0.3, -0.25) is 10.1 Å².